The molecule has 2 aromatic carbocycles. The first-order chi connectivity index (χ1) is 11.6. The van der Waals surface area contributed by atoms with Gasteiger partial charge in [-0.1, -0.05) is 18.2 Å². The number of ketones is 1. The van der Waals surface area contributed by atoms with Crippen molar-refractivity contribution in [2.45, 2.75) is 12.5 Å². The fourth-order valence-electron chi connectivity index (χ4n) is 2.89. The molecular weight excluding hydrogens is 312 g/mol. The van der Waals surface area contributed by atoms with Crippen molar-refractivity contribution in [2.24, 2.45) is 0 Å². The molecule has 3 rings (SSSR count). The monoisotopic (exact) mass is 330 g/mol. The molecule has 1 atom stereocenters. The average molecular weight is 330 g/mol. The number of Topliss-reactive ketones (excluding diaryl/α,β-unsaturated/α-hetero) is 1. The molecule has 0 saturated carbocycles. The number of para-hydroxylation sites is 1. The highest BCUT2D eigenvalue weighted by Crippen LogP contribution is 2.50. The Morgan fingerprint density at radius 3 is 2.46 bits per heavy atom. The van der Waals surface area contributed by atoms with E-state index in [0.29, 0.717) is 11.5 Å². The maximum absolute atomic E-state index is 12.6. The van der Waals surface area contributed by atoms with Crippen LogP contribution in [0.1, 0.15) is 28.4 Å². The van der Waals surface area contributed by atoms with E-state index in [2.05, 4.69) is 0 Å². The largest absolute Gasteiger partial charge is 0.507 e. The van der Waals surface area contributed by atoms with Crippen molar-refractivity contribution in [1.29, 1.82) is 0 Å². The van der Waals surface area contributed by atoms with Gasteiger partial charge in [0.05, 0.1) is 27.8 Å². The highest BCUT2D eigenvalue weighted by molar-refractivity contribution is 6.04. The first kappa shape index (κ1) is 16.0. The molecule has 0 aromatic heterocycles. The minimum absolute atomic E-state index is 0.0937. The molecule has 1 heterocycles. The molecule has 1 aliphatic rings. The molecule has 0 radical (unpaired) electrons. The van der Waals surface area contributed by atoms with Gasteiger partial charge in [-0.25, -0.2) is 0 Å². The number of rotatable bonds is 4. The Balaban J connectivity index is 2.12. The zero-order chi connectivity index (χ0) is 17.3. The SMILES string of the molecule is COc1ccccc1[C@H]1CC(=O)c2c(O)cc(OC)c(OC)c2O1. The lowest BCUT2D eigenvalue weighted by Gasteiger charge is -2.28. The van der Waals surface area contributed by atoms with Gasteiger partial charge < -0.3 is 24.1 Å². The van der Waals surface area contributed by atoms with Gasteiger partial charge in [0.2, 0.25) is 5.75 Å². The molecule has 126 valence electrons. The van der Waals surface area contributed by atoms with Crippen LogP contribution in [0.15, 0.2) is 30.3 Å². The van der Waals surface area contributed by atoms with E-state index in [9.17, 15) is 9.90 Å². The average Bonchev–Trinajstić information content (AvgIpc) is 2.60. The quantitative estimate of drug-likeness (QED) is 0.928. The second-order valence-electron chi connectivity index (χ2n) is 5.31. The van der Waals surface area contributed by atoms with Gasteiger partial charge in [0.15, 0.2) is 17.3 Å². The summed E-state index contributed by atoms with van der Waals surface area (Å²) in [6.45, 7) is 0. The summed E-state index contributed by atoms with van der Waals surface area (Å²) in [6.07, 6.45) is -0.447. The van der Waals surface area contributed by atoms with E-state index in [1.165, 1.54) is 20.3 Å². The molecule has 1 aliphatic heterocycles. The highest BCUT2D eigenvalue weighted by atomic mass is 16.5. The van der Waals surface area contributed by atoms with Crippen LogP contribution in [0, 0.1) is 0 Å². The lowest BCUT2D eigenvalue weighted by molar-refractivity contribution is 0.0833. The van der Waals surface area contributed by atoms with E-state index in [4.69, 9.17) is 18.9 Å². The molecule has 24 heavy (non-hydrogen) atoms. The summed E-state index contributed by atoms with van der Waals surface area (Å²) >= 11 is 0. The molecule has 6 heteroatoms. The highest BCUT2D eigenvalue weighted by Gasteiger charge is 2.35. The lowest BCUT2D eigenvalue weighted by atomic mass is 9.94. The number of phenols is 1. The number of ether oxygens (including phenoxy) is 4. The fourth-order valence-corrected chi connectivity index (χ4v) is 2.89. The van der Waals surface area contributed by atoms with Crippen LogP contribution in [0.3, 0.4) is 0 Å². The van der Waals surface area contributed by atoms with Crippen molar-refractivity contribution in [3.63, 3.8) is 0 Å². The van der Waals surface area contributed by atoms with Gasteiger partial charge in [0.25, 0.3) is 0 Å². The Labute approximate surface area is 139 Å². The van der Waals surface area contributed by atoms with Gasteiger partial charge in [0.1, 0.15) is 23.2 Å². The van der Waals surface area contributed by atoms with E-state index >= 15 is 0 Å². The number of methoxy groups -OCH3 is 3. The fraction of sp³-hybridized carbons (Fsp3) is 0.278. The number of benzene rings is 2. The molecule has 0 fully saturated rings. The number of carbonyl (C=O) groups excluding carboxylic acids is 1. The second kappa shape index (κ2) is 6.31. The normalized spacial score (nSPS) is 16.1. The first-order valence-electron chi connectivity index (χ1n) is 7.41. The predicted octanol–water partition coefficient (Wildman–Crippen LogP) is 3.12. The molecule has 0 unspecified atom stereocenters. The van der Waals surface area contributed by atoms with Gasteiger partial charge in [-0.3, -0.25) is 4.79 Å². The summed E-state index contributed by atoms with van der Waals surface area (Å²) in [5.41, 5.74) is 0.863. The van der Waals surface area contributed by atoms with E-state index in [0.717, 1.165) is 5.56 Å². The molecule has 0 saturated heterocycles. The van der Waals surface area contributed by atoms with Gasteiger partial charge in [-0.15, -0.1) is 0 Å². The predicted molar refractivity (Wildman–Crippen MR) is 86.5 cm³/mol. The van der Waals surface area contributed by atoms with E-state index in [1.54, 1.807) is 13.2 Å². The van der Waals surface area contributed by atoms with Crippen LogP contribution in [0.25, 0.3) is 0 Å². The number of phenolic OH excluding ortho intramolecular Hbond substituents is 1. The minimum atomic E-state index is -0.540. The Morgan fingerprint density at radius 2 is 1.79 bits per heavy atom. The number of aromatic hydroxyl groups is 1. The number of hydrogen-bond acceptors (Lipinski definition) is 6. The van der Waals surface area contributed by atoms with Crippen molar-refractivity contribution in [1.82, 2.24) is 0 Å². The van der Waals surface area contributed by atoms with E-state index < -0.39 is 6.10 Å². The zero-order valence-electron chi connectivity index (χ0n) is 13.7. The molecule has 0 aliphatic carbocycles. The lowest BCUT2D eigenvalue weighted by Crippen LogP contribution is -2.21. The van der Waals surface area contributed by atoms with Crippen molar-refractivity contribution >= 4 is 5.78 Å². The number of carbonyl (C=O) groups is 1. The molecule has 0 bridgehead atoms. The standard InChI is InChI=1S/C18H18O6/c1-21-13-7-5-4-6-10(13)14-8-11(19)16-12(20)9-15(22-2)17(23-3)18(16)24-14/h4-7,9,14,20H,8H2,1-3H3/t14-/m1/s1. The minimum Gasteiger partial charge on any atom is -0.507 e. The molecule has 6 nitrogen and oxygen atoms in total. The second-order valence-corrected chi connectivity index (χ2v) is 5.31. The van der Waals surface area contributed by atoms with E-state index in [1.807, 2.05) is 18.2 Å². The molecule has 1 N–H and O–H groups in total. The maximum atomic E-state index is 12.6. The van der Waals surface area contributed by atoms with Crippen LogP contribution >= 0.6 is 0 Å². The first-order valence-corrected chi connectivity index (χ1v) is 7.41. The third-order valence-electron chi connectivity index (χ3n) is 4.00. The third-order valence-corrected chi connectivity index (χ3v) is 4.00. The summed E-state index contributed by atoms with van der Waals surface area (Å²) in [7, 11) is 4.47. The summed E-state index contributed by atoms with van der Waals surface area (Å²) in [5, 5.41) is 10.2. The Kier molecular flexibility index (Phi) is 4.20. The zero-order valence-corrected chi connectivity index (χ0v) is 13.7. The maximum Gasteiger partial charge on any atom is 0.204 e. The molecule has 0 amide bonds. The van der Waals surface area contributed by atoms with Gasteiger partial charge in [-0.2, -0.15) is 0 Å². The smallest absolute Gasteiger partial charge is 0.204 e. The van der Waals surface area contributed by atoms with E-state index in [-0.39, 0.29) is 35.0 Å². The van der Waals surface area contributed by atoms with Gasteiger partial charge in [0, 0.05) is 11.6 Å². The van der Waals surface area contributed by atoms with Crippen LogP contribution < -0.4 is 18.9 Å². The molecular formula is C18H18O6. The Bertz CT molecular complexity index is 783. The summed E-state index contributed by atoms with van der Waals surface area (Å²) in [6, 6.07) is 8.69. The van der Waals surface area contributed by atoms with Gasteiger partial charge in [-0.05, 0) is 6.07 Å². The van der Waals surface area contributed by atoms with Gasteiger partial charge >= 0.3 is 0 Å². The van der Waals surface area contributed by atoms with Crippen LogP contribution in [0.2, 0.25) is 0 Å². The van der Waals surface area contributed by atoms with Crippen molar-refractivity contribution in [3.05, 3.63) is 41.5 Å². The van der Waals surface area contributed by atoms with Crippen LogP contribution in [-0.2, 0) is 0 Å². The Hall–Kier alpha value is -2.89. The van der Waals surface area contributed by atoms with Crippen molar-refractivity contribution in [2.75, 3.05) is 21.3 Å². The summed E-state index contributed by atoms with van der Waals surface area (Å²) < 4.78 is 21.9. The topological polar surface area (TPSA) is 74.2 Å². The van der Waals surface area contributed by atoms with Crippen LogP contribution in [0.4, 0.5) is 0 Å². The summed E-state index contributed by atoms with van der Waals surface area (Å²) in [4.78, 5) is 12.6. The number of fused-ring (bicyclic) bond motifs is 1. The van der Waals surface area contributed by atoms with Crippen LogP contribution in [-0.4, -0.2) is 32.2 Å². The number of hydrogen-bond donors (Lipinski definition) is 1. The van der Waals surface area contributed by atoms with Crippen molar-refractivity contribution < 1.29 is 28.8 Å². The molecule has 2 aromatic rings. The third kappa shape index (κ3) is 2.50. The van der Waals surface area contributed by atoms with Crippen molar-refractivity contribution in [3.8, 4) is 28.7 Å². The molecule has 0 spiro atoms. The summed E-state index contributed by atoms with van der Waals surface area (Å²) in [5.74, 6) is 0.962. The van der Waals surface area contributed by atoms with Crippen LogP contribution in [0.5, 0.6) is 28.7 Å². The Morgan fingerprint density at radius 1 is 1.08 bits per heavy atom.